The highest BCUT2D eigenvalue weighted by Crippen LogP contribution is 2.26. The average molecular weight is 380 g/mol. The second-order valence-corrected chi connectivity index (χ2v) is 7.32. The molecule has 3 amide bonds. The van der Waals surface area contributed by atoms with Crippen molar-refractivity contribution in [3.63, 3.8) is 0 Å². The van der Waals surface area contributed by atoms with Gasteiger partial charge in [0.15, 0.2) is 0 Å². The number of amides is 3. The number of nitrogens with one attached hydrogen (secondary N) is 2. The molecule has 0 saturated carbocycles. The highest BCUT2D eigenvalue weighted by molar-refractivity contribution is 5.93. The first-order valence-electron chi connectivity index (χ1n) is 9.67. The Morgan fingerprint density at radius 3 is 2.50 bits per heavy atom. The van der Waals surface area contributed by atoms with Crippen molar-refractivity contribution in [2.45, 2.75) is 33.2 Å². The minimum absolute atomic E-state index is 0.137. The van der Waals surface area contributed by atoms with Gasteiger partial charge in [-0.15, -0.1) is 0 Å². The van der Waals surface area contributed by atoms with Crippen LogP contribution in [0.15, 0.2) is 42.5 Å². The zero-order chi connectivity index (χ0) is 20.1. The van der Waals surface area contributed by atoms with Crippen molar-refractivity contribution >= 4 is 29.0 Å². The van der Waals surface area contributed by atoms with E-state index in [4.69, 9.17) is 0 Å². The summed E-state index contributed by atoms with van der Waals surface area (Å²) in [5, 5.41) is 5.70. The molecule has 28 heavy (non-hydrogen) atoms. The Morgan fingerprint density at radius 2 is 1.79 bits per heavy atom. The number of carbonyl (C=O) groups excluding carboxylic acids is 2. The summed E-state index contributed by atoms with van der Waals surface area (Å²) >= 11 is 0. The molecule has 2 N–H and O–H groups in total. The summed E-state index contributed by atoms with van der Waals surface area (Å²) < 4.78 is 0. The Balaban J connectivity index is 1.68. The van der Waals surface area contributed by atoms with Crippen molar-refractivity contribution in [1.82, 2.24) is 4.90 Å². The predicted octanol–water partition coefficient (Wildman–Crippen LogP) is 4.22. The van der Waals surface area contributed by atoms with Crippen LogP contribution in [0.5, 0.6) is 0 Å². The monoisotopic (exact) mass is 380 g/mol. The Labute approximate surface area is 166 Å². The number of anilines is 3. The molecule has 2 aromatic rings. The maximum absolute atomic E-state index is 12.7. The Morgan fingerprint density at radius 1 is 1.07 bits per heavy atom. The van der Waals surface area contributed by atoms with Crippen molar-refractivity contribution in [3.8, 4) is 0 Å². The number of hydrogen-bond donors (Lipinski definition) is 2. The molecule has 6 nitrogen and oxygen atoms in total. The van der Waals surface area contributed by atoms with Gasteiger partial charge in [0.25, 0.3) is 0 Å². The van der Waals surface area contributed by atoms with Gasteiger partial charge < -0.3 is 20.4 Å². The number of rotatable bonds is 5. The van der Waals surface area contributed by atoms with Crippen LogP contribution < -0.4 is 15.5 Å². The van der Waals surface area contributed by atoms with Crippen LogP contribution >= 0.6 is 0 Å². The number of nitrogens with zero attached hydrogens (tertiary/aromatic N) is 2. The van der Waals surface area contributed by atoms with Crippen molar-refractivity contribution in [1.29, 1.82) is 0 Å². The largest absolute Gasteiger partial charge is 0.371 e. The van der Waals surface area contributed by atoms with Gasteiger partial charge in [0.1, 0.15) is 0 Å². The highest BCUT2D eigenvalue weighted by atomic mass is 16.2. The number of benzene rings is 2. The molecular weight excluding hydrogens is 352 g/mol. The molecule has 3 rings (SSSR count). The fraction of sp³-hybridized carbons (Fsp3) is 0.364. The van der Waals surface area contributed by atoms with Crippen molar-refractivity contribution in [2.24, 2.45) is 0 Å². The first-order chi connectivity index (χ1) is 13.4. The van der Waals surface area contributed by atoms with Crippen molar-refractivity contribution < 1.29 is 9.59 Å². The molecule has 0 unspecified atom stereocenters. The zero-order valence-electron chi connectivity index (χ0n) is 16.8. The number of hydrogen-bond acceptors (Lipinski definition) is 3. The SMILES string of the molecule is CC(=O)Nc1cc(NC(=O)N(C)Cc2ccccc2N2CCCC2)ccc1C. The third-order valence-electron chi connectivity index (χ3n) is 4.99. The van der Waals surface area contributed by atoms with E-state index in [-0.39, 0.29) is 11.9 Å². The van der Waals surface area contributed by atoms with E-state index in [0.29, 0.717) is 17.9 Å². The van der Waals surface area contributed by atoms with Gasteiger partial charge in [0.2, 0.25) is 5.91 Å². The molecule has 0 aromatic heterocycles. The zero-order valence-corrected chi connectivity index (χ0v) is 16.8. The van der Waals surface area contributed by atoms with Crippen molar-refractivity contribution in [2.75, 3.05) is 35.7 Å². The lowest BCUT2D eigenvalue weighted by Crippen LogP contribution is -2.31. The van der Waals surface area contributed by atoms with Gasteiger partial charge in [-0.3, -0.25) is 4.79 Å². The topological polar surface area (TPSA) is 64.7 Å². The molecule has 0 atom stereocenters. The van der Waals surface area contributed by atoms with Gasteiger partial charge in [-0.1, -0.05) is 24.3 Å². The second kappa shape index (κ2) is 8.78. The Hall–Kier alpha value is -3.02. The van der Waals surface area contributed by atoms with Crippen LogP contribution in [0.2, 0.25) is 0 Å². The molecule has 0 radical (unpaired) electrons. The van der Waals surface area contributed by atoms with E-state index < -0.39 is 0 Å². The molecule has 148 valence electrons. The molecule has 6 heteroatoms. The molecule has 0 bridgehead atoms. The molecule has 2 aromatic carbocycles. The molecular formula is C22H28N4O2. The number of carbonyl (C=O) groups is 2. The average Bonchev–Trinajstić information content (AvgIpc) is 3.19. The second-order valence-electron chi connectivity index (χ2n) is 7.32. The van der Waals surface area contributed by atoms with Gasteiger partial charge in [0, 0.05) is 50.7 Å². The molecule has 1 heterocycles. The Kier molecular flexibility index (Phi) is 6.19. The summed E-state index contributed by atoms with van der Waals surface area (Å²) in [5.74, 6) is -0.137. The van der Waals surface area contributed by atoms with Gasteiger partial charge in [-0.05, 0) is 49.1 Å². The first-order valence-corrected chi connectivity index (χ1v) is 9.67. The fourth-order valence-electron chi connectivity index (χ4n) is 3.48. The van der Waals surface area contributed by atoms with Crippen LogP contribution in [0.4, 0.5) is 21.9 Å². The molecule has 1 aliphatic heterocycles. The highest BCUT2D eigenvalue weighted by Gasteiger charge is 2.18. The van der Waals surface area contributed by atoms with Crippen LogP contribution in [0.3, 0.4) is 0 Å². The number of urea groups is 1. The van der Waals surface area contributed by atoms with Crippen LogP contribution in [0.1, 0.15) is 30.9 Å². The summed E-state index contributed by atoms with van der Waals surface area (Å²) in [6.45, 7) is 6.06. The maximum atomic E-state index is 12.7. The normalized spacial score (nSPS) is 13.3. The lowest BCUT2D eigenvalue weighted by atomic mass is 10.1. The third kappa shape index (κ3) is 4.82. The van der Waals surface area contributed by atoms with E-state index in [0.717, 1.165) is 24.2 Å². The minimum atomic E-state index is -0.186. The van der Waals surface area contributed by atoms with E-state index >= 15 is 0 Å². The quantitative estimate of drug-likeness (QED) is 0.816. The van der Waals surface area contributed by atoms with Gasteiger partial charge >= 0.3 is 6.03 Å². The van der Waals surface area contributed by atoms with E-state index in [2.05, 4.69) is 27.7 Å². The van der Waals surface area contributed by atoms with Gasteiger partial charge in [-0.25, -0.2) is 4.79 Å². The van der Waals surface area contributed by atoms with E-state index in [1.54, 1.807) is 18.0 Å². The van der Waals surface area contributed by atoms with E-state index in [9.17, 15) is 9.59 Å². The first kappa shape index (κ1) is 19.7. The summed E-state index contributed by atoms with van der Waals surface area (Å²) in [7, 11) is 1.79. The van der Waals surface area contributed by atoms with Crippen LogP contribution in [0.25, 0.3) is 0 Å². The molecule has 0 aliphatic carbocycles. The summed E-state index contributed by atoms with van der Waals surface area (Å²) in [6.07, 6.45) is 2.43. The van der Waals surface area contributed by atoms with Gasteiger partial charge in [0.05, 0.1) is 0 Å². The van der Waals surface area contributed by atoms with Crippen LogP contribution in [-0.4, -0.2) is 37.0 Å². The molecule has 1 aliphatic rings. The lowest BCUT2D eigenvalue weighted by molar-refractivity contribution is -0.114. The maximum Gasteiger partial charge on any atom is 0.321 e. The Bertz CT molecular complexity index is 859. The van der Waals surface area contributed by atoms with Gasteiger partial charge in [-0.2, -0.15) is 0 Å². The molecule has 1 saturated heterocycles. The summed E-state index contributed by atoms with van der Waals surface area (Å²) in [4.78, 5) is 28.1. The van der Waals surface area contributed by atoms with Crippen molar-refractivity contribution in [3.05, 3.63) is 53.6 Å². The fourth-order valence-corrected chi connectivity index (χ4v) is 3.48. The smallest absolute Gasteiger partial charge is 0.321 e. The summed E-state index contributed by atoms with van der Waals surface area (Å²) in [5.41, 5.74) is 4.65. The van der Waals surface area contributed by atoms with E-state index in [1.165, 1.54) is 25.5 Å². The number of para-hydroxylation sites is 1. The molecule has 1 fully saturated rings. The summed E-state index contributed by atoms with van der Waals surface area (Å²) in [6, 6.07) is 13.6. The number of aryl methyl sites for hydroxylation is 1. The van der Waals surface area contributed by atoms with Crippen LogP contribution in [0, 0.1) is 6.92 Å². The third-order valence-corrected chi connectivity index (χ3v) is 4.99. The predicted molar refractivity (Wildman–Crippen MR) is 114 cm³/mol. The standard InChI is InChI=1S/C22H28N4O2/c1-16-10-11-19(14-20(16)23-17(2)27)24-22(28)25(3)15-18-8-4-5-9-21(18)26-12-6-7-13-26/h4-5,8-11,14H,6-7,12-13,15H2,1-3H3,(H,23,27)(H,24,28). The molecule has 0 spiro atoms. The van der Waals surface area contributed by atoms with Crippen LogP contribution in [-0.2, 0) is 11.3 Å². The van der Waals surface area contributed by atoms with E-state index in [1.807, 2.05) is 31.2 Å². The minimum Gasteiger partial charge on any atom is -0.371 e. The lowest BCUT2D eigenvalue weighted by Gasteiger charge is -2.24.